The minimum absolute atomic E-state index is 0.209. The Labute approximate surface area is 117 Å². The number of benzene rings is 2. The smallest absolute Gasteiger partial charge is 0.265 e. The summed E-state index contributed by atoms with van der Waals surface area (Å²) < 4.78 is 0. The van der Waals surface area contributed by atoms with Gasteiger partial charge in [0, 0.05) is 18.4 Å². The van der Waals surface area contributed by atoms with Crippen molar-refractivity contribution in [3.05, 3.63) is 83.1 Å². The first-order chi connectivity index (χ1) is 9.83. The van der Waals surface area contributed by atoms with E-state index in [2.05, 4.69) is 10.2 Å². The molecule has 3 heteroatoms. The molecule has 3 nitrogen and oxygen atoms in total. The molecule has 0 saturated heterocycles. The number of rotatable bonds is 4. The Morgan fingerprint density at radius 3 is 1.85 bits per heavy atom. The fourth-order valence-corrected chi connectivity index (χ4v) is 2.26. The fourth-order valence-electron chi connectivity index (χ4n) is 2.26. The molecule has 0 bridgehead atoms. The Kier molecular flexibility index (Phi) is 3.50. The van der Waals surface area contributed by atoms with Gasteiger partial charge in [0.2, 0.25) is 0 Å². The molecule has 0 N–H and O–H groups in total. The van der Waals surface area contributed by atoms with Crippen molar-refractivity contribution in [3.8, 4) is 0 Å². The summed E-state index contributed by atoms with van der Waals surface area (Å²) in [5.41, 5.74) is 3.74. The fraction of sp³-hybridized carbons (Fsp3) is 0.118. The average Bonchev–Trinajstić information content (AvgIpc) is 2.83. The van der Waals surface area contributed by atoms with Gasteiger partial charge >= 0.3 is 0 Å². The third-order valence-corrected chi connectivity index (χ3v) is 3.31. The zero-order valence-electron chi connectivity index (χ0n) is 11.0. The molecule has 0 spiro atoms. The number of nitrogens with zero attached hydrogens (tertiary/aromatic N) is 2. The second-order valence-electron chi connectivity index (χ2n) is 4.76. The number of hydrogen-bond donors (Lipinski definition) is 0. The van der Waals surface area contributed by atoms with Crippen LogP contribution in [0.5, 0.6) is 0 Å². The van der Waals surface area contributed by atoms with E-state index in [1.165, 1.54) is 0 Å². The number of hydrogen-bond acceptors (Lipinski definition) is 2. The van der Waals surface area contributed by atoms with Crippen molar-refractivity contribution >= 4 is 5.91 Å². The Morgan fingerprint density at radius 1 is 0.700 bits per heavy atom. The number of carbonyl (C=O) groups is 1. The van der Waals surface area contributed by atoms with Crippen LogP contribution in [0.1, 0.15) is 11.1 Å². The minimum atomic E-state index is -0.209. The van der Waals surface area contributed by atoms with Gasteiger partial charge in [-0.25, -0.2) is 0 Å². The first kappa shape index (κ1) is 12.5. The van der Waals surface area contributed by atoms with E-state index in [1.54, 1.807) is 0 Å². The summed E-state index contributed by atoms with van der Waals surface area (Å²) in [6.45, 7) is 0. The maximum Gasteiger partial charge on any atom is 0.293 e. The molecule has 1 heterocycles. The summed E-state index contributed by atoms with van der Waals surface area (Å²) >= 11 is 0. The van der Waals surface area contributed by atoms with Crippen LogP contribution in [0.15, 0.2) is 82.2 Å². The van der Waals surface area contributed by atoms with E-state index in [9.17, 15) is 4.79 Å². The summed E-state index contributed by atoms with van der Waals surface area (Å²) in [6.07, 6.45) is 1.24. The molecular formula is C17H14N2O. The molecule has 0 fully saturated rings. The van der Waals surface area contributed by atoms with Crippen molar-refractivity contribution in [1.29, 1.82) is 0 Å². The lowest BCUT2D eigenvalue weighted by atomic mass is 10.00. The molecule has 0 aromatic heterocycles. The Morgan fingerprint density at radius 2 is 1.25 bits per heavy atom. The highest BCUT2D eigenvalue weighted by Crippen LogP contribution is 2.24. The Bertz CT molecular complexity index is 629. The second-order valence-corrected chi connectivity index (χ2v) is 4.76. The van der Waals surface area contributed by atoms with Gasteiger partial charge in [-0.1, -0.05) is 60.7 Å². The molecule has 98 valence electrons. The first-order valence-electron chi connectivity index (χ1n) is 6.59. The van der Waals surface area contributed by atoms with E-state index < -0.39 is 0 Å². The first-order valence-corrected chi connectivity index (χ1v) is 6.59. The van der Waals surface area contributed by atoms with Gasteiger partial charge in [0.1, 0.15) is 0 Å². The highest BCUT2D eigenvalue weighted by Gasteiger charge is 2.21. The summed E-state index contributed by atoms with van der Waals surface area (Å²) in [4.78, 5) is 11.9. The maximum absolute atomic E-state index is 11.9. The van der Waals surface area contributed by atoms with Gasteiger partial charge in [0.25, 0.3) is 5.91 Å². The van der Waals surface area contributed by atoms with Crippen molar-refractivity contribution in [2.45, 2.75) is 12.8 Å². The second kappa shape index (κ2) is 5.61. The number of azo groups is 1. The topological polar surface area (TPSA) is 41.8 Å². The Hall–Kier alpha value is -2.55. The van der Waals surface area contributed by atoms with Gasteiger partial charge in [-0.3, -0.25) is 4.79 Å². The lowest BCUT2D eigenvalue weighted by Crippen LogP contribution is -2.02. The van der Waals surface area contributed by atoms with E-state index in [0.29, 0.717) is 18.4 Å². The van der Waals surface area contributed by atoms with Crippen LogP contribution in [0.4, 0.5) is 0 Å². The lowest BCUT2D eigenvalue weighted by Gasteiger charge is -2.04. The number of allylic oxidation sites excluding steroid dienone is 1. The molecule has 0 saturated carbocycles. The molecule has 1 aliphatic rings. The van der Waals surface area contributed by atoms with E-state index in [4.69, 9.17) is 0 Å². The Balaban J connectivity index is 1.86. The van der Waals surface area contributed by atoms with E-state index in [-0.39, 0.29) is 5.91 Å². The maximum atomic E-state index is 11.9. The molecule has 0 radical (unpaired) electrons. The van der Waals surface area contributed by atoms with Gasteiger partial charge in [-0.15, -0.1) is 5.11 Å². The molecule has 20 heavy (non-hydrogen) atoms. The highest BCUT2D eigenvalue weighted by molar-refractivity contribution is 5.96. The van der Waals surface area contributed by atoms with Crippen LogP contribution in [0.2, 0.25) is 0 Å². The zero-order valence-corrected chi connectivity index (χ0v) is 11.0. The van der Waals surface area contributed by atoms with Crippen LogP contribution in [-0.2, 0) is 17.6 Å². The van der Waals surface area contributed by atoms with Crippen LogP contribution >= 0.6 is 0 Å². The van der Waals surface area contributed by atoms with Crippen LogP contribution < -0.4 is 0 Å². The highest BCUT2D eigenvalue weighted by atomic mass is 16.2. The molecule has 0 unspecified atom stereocenters. The third-order valence-electron chi connectivity index (χ3n) is 3.31. The largest absolute Gasteiger partial charge is 0.293 e. The van der Waals surface area contributed by atoms with Crippen LogP contribution in [0.25, 0.3) is 0 Å². The predicted molar refractivity (Wildman–Crippen MR) is 77.2 cm³/mol. The van der Waals surface area contributed by atoms with Gasteiger partial charge < -0.3 is 0 Å². The van der Waals surface area contributed by atoms with Gasteiger partial charge in [-0.2, -0.15) is 5.11 Å². The molecule has 1 amide bonds. The monoisotopic (exact) mass is 262 g/mol. The summed E-state index contributed by atoms with van der Waals surface area (Å²) in [7, 11) is 0. The zero-order chi connectivity index (χ0) is 13.8. The van der Waals surface area contributed by atoms with Gasteiger partial charge in [0.05, 0.1) is 5.70 Å². The molecular weight excluding hydrogens is 248 g/mol. The molecule has 2 aromatic carbocycles. The molecule has 0 atom stereocenters. The minimum Gasteiger partial charge on any atom is -0.265 e. The van der Waals surface area contributed by atoms with Crippen LogP contribution in [0.3, 0.4) is 0 Å². The normalized spacial score (nSPS) is 14.1. The standard InChI is InChI=1S/C17H14N2O/c20-17-15(11-13-7-3-1-4-8-13)16(18-19-17)12-14-9-5-2-6-10-14/h1-10H,11-12H2. The molecule has 3 rings (SSSR count). The van der Waals surface area contributed by atoms with Crippen molar-refractivity contribution in [1.82, 2.24) is 0 Å². The number of carbonyl (C=O) groups excluding carboxylic acids is 1. The average molecular weight is 262 g/mol. The van der Waals surface area contributed by atoms with Crippen LogP contribution in [-0.4, -0.2) is 5.91 Å². The van der Waals surface area contributed by atoms with E-state index in [0.717, 1.165) is 16.8 Å². The summed E-state index contributed by atoms with van der Waals surface area (Å²) in [5.74, 6) is -0.209. The van der Waals surface area contributed by atoms with Crippen molar-refractivity contribution in [2.75, 3.05) is 0 Å². The van der Waals surface area contributed by atoms with Gasteiger partial charge in [-0.05, 0) is 11.1 Å². The van der Waals surface area contributed by atoms with E-state index >= 15 is 0 Å². The predicted octanol–water partition coefficient (Wildman–Crippen LogP) is 3.72. The molecule has 2 aromatic rings. The molecule has 1 aliphatic heterocycles. The summed E-state index contributed by atoms with van der Waals surface area (Å²) in [5, 5.41) is 7.75. The van der Waals surface area contributed by atoms with Crippen LogP contribution in [0, 0.1) is 0 Å². The van der Waals surface area contributed by atoms with Crippen molar-refractivity contribution in [2.24, 2.45) is 10.2 Å². The number of amides is 1. The van der Waals surface area contributed by atoms with E-state index in [1.807, 2.05) is 60.7 Å². The SMILES string of the molecule is O=C1N=NC(Cc2ccccc2)=C1Cc1ccccc1. The van der Waals surface area contributed by atoms with Crippen molar-refractivity contribution < 1.29 is 4.79 Å². The van der Waals surface area contributed by atoms with Gasteiger partial charge in [0.15, 0.2) is 0 Å². The lowest BCUT2D eigenvalue weighted by molar-refractivity contribution is -0.114. The summed E-state index contributed by atoms with van der Waals surface area (Å²) in [6, 6.07) is 20.0. The quantitative estimate of drug-likeness (QED) is 0.828. The third kappa shape index (κ3) is 2.72. The van der Waals surface area contributed by atoms with Crippen molar-refractivity contribution in [3.63, 3.8) is 0 Å². The molecule has 0 aliphatic carbocycles.